The molecule has 2 rings (SSSR count). The van der Waals surface area contributed by atoms with Crippen LogP contribution in [0, 0.1) is 4.77 Å². The van der Waals surface area contributed by atoms with Crippen molar-refractivity contribution in [1.82, 2.24) is 9.97 Å². The van der Waals surface area contributed by atoms with Crippen molar-refractivity contribution in [1.29, 1.82) is 0 Å². The van der Waals surface area contributed by atoms with Crippen molar-refractivity contribution in [3.8, 4) is 5.75 Å². The summed E-state index contributed by atoms with van der Waals surface area (Å²) in [5, 5.41) is 0. The quantitative estimate of drug-likeness (QED) is 0.563. The van der Waals surface area contributed by atoms with Crippen molar-refractivity contribution in [3.05, 3.63) is 45.4 Å². The van der Waals surface area contributed by atoms with Crippen molar-refractivity contribution >= 4 is 39.9 Å². The SMILES string of the molecule is S=c1[nH]cc(CSCCCOc2cccc(Br)c2)[nH]1. The lowest BCUT2D eigenvalue weighted by molar-refractivity contribution is 0.318. The summed E-state index contributed by atoms with van der Waals surface area (Å²) in [6.07, 6.45) is 2.95. The molecular formula is C13H15BrN2OS2. The molecule has 2 aromatic rings. The van der Waals surface area contributed by atoms with Gasteiger partial charge in [0.2, 0.25) is 0 Å². The minimum absolute atomic E-state index is 0.689. The van der Waals surface area contributed by atoms with E-state index in [4.69, 9.17) is 17.0 Å². The number of aromatic nitrogens is 2. The van der Waals surface area contributed by atoms with Crippen LogP contribution in [0.25, 0.3) is 0 Å². The summed E-state index contributed by atoms with van der Waals surface area (Å²) in [5.41, 5.74) is 1.14. The first-order chi connectivity index (χ1) is 9.24. The molecule has 0 unspecified atom stereocenters. The first kappa shape index (κ1) is 14.7. The molecule has 6 heteroatoms. The smallest absolute Gasteiger partial charge is 0.174 e. The van der Waals surface area contributed by atoms with Crippen molar-refractivity contribution in [2.24, 2.45) is 0 Å². The second kappa shape index (κ2) is 7.77. The summed E-state index contributed by atoms with van der Waals surface area (Å²) in [6, 6.07) is 7.91. The number of rotatable bonds is 7. The third kappa shape index (κ3) is 5.42. The zero-order chi connectivity index (χ0) is 13.5. The van der Waals surface area contributed by atoms with E-state index in [2.05, 4.69) is 25.9 Å². The average Bonchev–Trinajstić information content (AvgIpc) is 2.79. The van der Waals surface area contributed by atoms with Gasteiger partial charge in [0.15, 0.2) is 4.77 Å². The largest absolute Gasteiger partial charge is 0.494 e. The molecule has 0 amide bonds. The molecular weight excluding hydrogens is 344 g/mol. The maximum absolute atomic E-state index is 5.67. The fourth-order valence-electron chi connectivity index (χ4n) is 1.54. The van der Waals surface area contributed by atoms with Gasteiger partial charge in [-0.3, -0.25) is 0 Å². The zero-order valence-electron chi connectivity index (χ0n) is 10.3. The number of ether oxygens (including phenoxy) is 1. The Bertz CT molecular complexity index is 568. The molecule has 0 fully saturated rings. The molecule has 1 aromatic carbocycles. The molecule has 0 atom stereocenters. The van der Waals surface area contributed by atoms with Gasteiger partial charge >= 0.3 is 0 Å². The molecule has 0 aliphatic heterocycles. The van der Waals surface area contributed by atoms with Crippen molar-refractivity contribution in [3.63, 3.8) is 0 Å². The van der Waals surface area contributed by atoms with Gasteiger partial charge in [-0.1, -0.05) is 22.0 Å². The fraction of sp³-hybridized carbons (Fsp3) is 0.308. The second-order valence-electron chi connectivity index (χ2n) is 3.98. The van der Waals surface area contributed by atoms with Crippen LogP contribution in [0.15, 0.2) is 34.9 Å². The van der Waals surface area contributed by atoms with Gasteiger partial charge in [0.1, 0.15) is 5.75 Å². The number of thioether (sulfide) groups is 1. The van der Waals surface area contributed by atoms with E-state index in [1.54, 1.807) is 0 Å². The summed E-state index contributed by atoms with van der Waals surface area (Å²) in [5.74, 6) is 2.93. The molecule has 0 saturated carbocycles. The van der Waals surface area contributed by atoms with Gasteiger partial charge < -0.3 is 14.7 Å². The van der Waals surface area contributed by atoms with Gasteiger partial charge in [0.25, 0.3) is 0 Å². The van der Waals surface area contributed by atoms with Crippen molar-refractivity contribution < 1.29 is 4.74 Å². The van der Waals surface area contributed by atoms with E-state index in [0.29, 0.717) is 4.77 Å². The van der Waals surface area contributed by atoms with Gasteiger partial charge in [-0.15, -0.1) is 0 Å². The van der Waals surface area contributed by atoms with Gasteiger partial charge in [-0.05, 0) is 42.6 Å². The topological polar surface area (TPSA) is 40.8 Å². The fourth-order valence-corrected chi connectivity index (χ4v) is 2.95. The molecule has 102 valence electrons. The highest BCUT2D eigenvalue weighted by molar-refractivity contribution is 9.10. The first-order valence-electron chi connectivity index (χ1n) is 5.97. The maximum Gasteiger partial charge on any atom is 0.174 e. The molecule has 1 aromatic heterocycles. The maximum atomic E-state index is 5.67. The number of nitrogens with one attached hydrogen (secondary N) is 2. The third-order valence-electron chi connectivity index (χ3n) is 2.41. The van der Waals surface area contributed by atoms with Gasteiger partial charge in [0, 0.05) is 22.1 Å². The number of hydrogen-bond donors (Lipinski definition) is 2. The van der Waals surface area contributed by atoms with E-state index in [1.807, 2.05) is 42.2 Å². The van der Waals surface area contributed by atoms with Crippen LogP contribution in [0.5, 0.6) is 5.75 Å². The molecule has 19 heavy (non-hydrogen) atoms. The Balaban J connectivity index is 1.58. The Morgan fingerprint density at radius 2 is 2.26 bits per heavy atom. The molecule has 0 aliphatic carbocycles. The normalized spacial score (nSPS) is 10.6. The molecule has 0 spiro atoms. The van der Waals surface area contributed by atoms with Crippen molar-refractivity contribution in [2.45, 2.75) is 12.2 Å². The average molecular weight is 359 g/mol. The molecule has 0 aliphatic rings. The van der Waals surface area contributed by atoms with Crippen LogP contribution < -0.4 is 4.74 Å². The van der Waals surface area contributed by atoms with Crippen LogP contribution in [0.4, 0.5) is 0 Å². The summed E-state index contributed by atoms with van der Waals surface area (Å²) in [7, 11) is 0. The Kier molecular flexibility index (Phi) is 6.00. The van der Waals surface area contributed by atoms with E-state index in [-0.39, 0.29) is 0 Å². The van der Waals surface area contributed by atoms with Gasteiger partial charge in [-0.2, -0.15) is 11.8 Å². The number of aromatic amines is 2. The van der Waals surface area contributed by atoms with E-state index in [9.17, 15) is 0 Å². The highest BCUT2D eigenvalue weighted by Crippen LogP contribution is 2.18. The third-order valence-corrected chi connectivity index (χ3v) is 4.21. The predicted octanol–water partition coefficient (Wildman–Crippen LogP) is 4.54. The highest BCUT2D eigenvalue weighted by Gasteiger charge is 1.97. The molecule has 3 nitrogen and oxygen atoms in total. The first-order valence-corrected chi connectivity index (χ1v) is 8.32. The second-order valence-corrected chi connectivity index (χ2v) is 6.41. The molecule has 0 radical (unpaired) electrons. The van der Waals surface area contributed by atoms with Crippen LogP contribution in [-0.2, 0) is 5.75 Å². The number of halogens is 1. The zero-order valence-corrected chi connectivity index (χ0v) is 13.5. The minimum atomic E-state index is 0.689. The number of H-pyrrole nitrogens is 2. The van der Waals surface area contributed by atoms with E-state index in [0.717, 1.165) is 40.4 Å². The molecule has 2 N–H and O–H groups in total. The van der Waals surface area contributed by atoms with Crippen LogP contribution in [-0.4, -0.2) is 22.3 Å². The van der Waals surface area contributed by atoms with Crippen LogP contribution in [0.2, 0.25) is 0 Å². The number of imidazole rings is 1. The Morgan fingerprint density at radius 3 is 3.00 bits per heavy atom. The lowest BCUT2D eigenvalue weighted by atomic mass is 10.3. The van der Waals surface area contributed by atoms with Crippen LogP contribution >= 0.6 is 39.9 Å². The van der Waals surface area contributed by atoms with Crippen LogP contribution in [0.3, 0.4) is 0 Å². The van der Waals surface area contributed by atoms with E-state index in [1.165, 1.54) is 0 Å². The molecule has 0 bridgehead atoms. The van der Waals surface area contributed by atoms with Gasteiger partial charge in [-0.25, -0.2) is 0 Å². The lowest BCUT2D eigenvalue weighted by Gasteiger charge is -2.06. The Morgan fingerprint density at radius 1 is 1.37 bits per heavy atom. The number of hydrogen-bond acceptors (Lipinski definition) is 3. The van der Waals surface area contributed by atoms with E-state index < -0.39 is 0 Å². The molecule has 1 heterocycles. The summed E-state index contributed by atoms with van der Waals surface area (Å²) in [4.78, 5) is 6.07. The lowest BCUT2D eigenvalue weighted by Crippen LogP contribution is -1.98. The Labute approximate surface area is 130 Å². The number of benzene rings is 1. The summed E-state index contributed by atoms with van der Waals surface area (Å²) >= 11 is 10.3. The molecule has 0 saturated heterocycles. The highest BCUT2D eigenvalue weighted by atomic mass is 79.9. The van der Waals surface area contributed by atoms with Crippen molar-refractivity contribution in [2.75, 3.05) is 12.4 Å². The van der Waals surface area contributed by atoms with E-state index >= 15 is 0 Å². The standard InChI is InChI=1S/C13H15BrN2OS2/c14-10-3-1-4-12(7-10)17-5-2-6-19-9-11-8-15-13(18)16-11/h1,3-4,7-8H,2,5-6,9H2,(H2,15,16,18). The minimum Gasteiger partial charge on any atom is -0.494 e. The van der Waals surface area contributed by atoms with Crippen LogP contribution in [0.1, 0.15) is 12.1 Å². The Hall–Kier alpha value is -0.720. The summed E-state index contributed by atoms with van der Waals surface area (Å²) < 4.78 is 7.40. The predicted molar refractivity (Wildman–Crippen MR) is 86.4 cm³/mol. The summed E-state index contributed by atoms with van der Waals surface area (Å²) in [6.45, 7) is 0.743. The monoisotopic (exact) mass is 358 g/mol. The van der Waals surface area contributed by atoms with Gasteiger partial charge in [0.05, 0.1) is 6.61 Å².